The van der Waals surface area contributed by atoms with Gasteiger partial charge in [-0.25, -0.2) is 0 Å². The Balaban J connectivity index is 0.000000157. The highest BCUT2D eigenvalue weighted by Crippen LogP contribution is 2.61. The van der Waals surface area contributed by atoms with Crippen LogP contribution < -0.4 is 0 Å². The summed E-state index contributed by atoms with van der Waals surface area (Å²) in [5.41, 5.74) is -0.103. The molecule has 0 amide bonds. The van der Waals surface area contributed by atoms with Gasteiger partial charge < -0.3 is 28.4 Å². The van der Waals surface area contributed by atoms with E-state index in [4.69, 9.17) is 23.7 Å². The van der Waals surface area contributed by atoms with Gasteiger partial charge in [-0.2, -0.15) is 0 Å². The van der Waals surface area contributed by atoms with Crippen molar-refractivity contribution < 1.29 is 57.2 Å². The maximum absolute atomic E-state index is 12.3. The Morgan fingerprint density at radius 1 is 0.772 bits per heavy atom. The van der Waals surface area contributed by atoms with Gasteiger partial charge in [0.1, 0.15) is 17.8 Å². The Morgan fingerprint density at radius 2 is 1.33 bits per heavy atom. The lowest BCUT2D eigenvalue weighted by Crippen LogP contribution is -2.59. The van der Waals surface area contributed by atoms with Gasteiger partial charge >= 0.3 is 35.8 Å². The third-order valence-electron chi connectivity index (χ3n) is 15.3. The van der Waals surface area contributed by atoms with Gasteiger partial charge in [0.2, 0.25) is 0 Å². The molecular formula is C45H70O12. The van der Waals surface area contributed by atoms with E-state index < -0.39 is 35.8 Å². The molecule has 3 heterocycles. The second-order valence-electron chi connectivity index (χ2n) is 18.6. The molecule has 12 atom stereocenters. The SMILES string of the molecule is CC1C(=O)OC(=O)C1C.CC1CCCOC1C.CCC(C)C(=O)OC1(CC)C2CC3CC(C2)CC1C3.CCC(C)C(=O)OC1C2CC3C1OC(=O)C3C2C(=O)OC. The molecule has 0 aromatic carbocycles. The minimum absolute atomic E-state index is 0.0265. The lowest BCUT2D eigenvalue weighted by Gasteiger charge is -2.60. The highest BCUT2D eigenvalue weighted by molar-refractivity contribution is 5.95. The monoisotopic (exact) mass is 802 g/mol. The quantitative estimate of drug-likeness (QED) is 0.138. The maximum Gasteiger partial charge on any atom is 0.317 e. The molecule has 0 radical (unpaired) electrons. The van der Waals surface area contributed by atoms with Gasteiger partial charge in [-0.15, -0.1) is 0 Å². The molecule has 3 saturated heterocycles. The minimum Gasteiger partial charge on any atom is -0.469 e. The van der Waals surface area contributed by atoms with Crippen molar-refractivity contribution in [3.05, 3.63) is 0 Å². The second kappa shape index (κ2) is 18.9. The summed E-state index contributed by atoms with van der Waals surface area (Å²) in [6.07, 6.45) is 12.2. The van der Waals surface area contributed by atoms with Crippen LogP contribution in [0, 0.1) is 76.9 Å². The molecule has 0 aromatic rings. The first-order valence-corrected chi connectivity index (χ1v) is 22.1. The number of hydrogen-bond acceptors (Lipinski definition) is 12. The third-order valence-corrected chi connectivity index (χ3v) is 15.3. The van der Waals surface area contributed by atoms with Crippen LogP contribution in [0.15, 0.2) is 0 Å². The van der Waals surface area contributed by atoms with E-state index in [1.54, 1.807) is 20.8 Å². The van der Waals surface area contributed by atoms with Gasteiger partial charge in [0, 0.05) is 18.4 Å². The number of cyclic esters (lactones) is 2. The van der Waals surface area contributed by atoms with Gasteiger partial charge in [0.05, 0.1) is 48.7 Å². The number of fused-ring (bicyclic) bond motifs is 1. The Hall–Kier alpha value is -3.02. The van der Waals surface area contributed by atoms with E-state index in [1.165, 1.54) is 52.1 Å². The molecule has 6 saturated carbocycles. The van der Waals surface area contributed by atoms with Crippen LogP contribution in [-0.4, -0.2) is 73.4 Å². The minimum atomic E-state index is -0.541. The van der Waals surface area contributed by atoms with E-state index in [9.17, 15) is 28.8 Å². The molecule has 6 bridgehead atoms. The van der Waals surface area contributed by atoms with E-state index in [0.717, 1.165) is 37.2 Å². The lowest BCUT2D eigenvalue weighted by molar-refractivity contribution is -0.214. The lowest BCUT2D eigenvalue weighted by atomic mass is 9.49. The van der Waals surface area contributed by atoms with Gasteiger partial charge in [0.25, 0.3) is 0 Å². The van der Waals surface area contributed by atoms with E-state index >= 15 is 0 Å². The summed E-state index contributed by atoms with van der Waals surface area (Å²) >= 11 is 0. The molecule has 12 heteroatoms. The summed E-state index contributed by atoms with van der Waals surface area (Å²) < 4.78 is 31.6. The zero-order chi connectivity index (χ0) is 41.9. The molecule has 322 valence electrons. The van der Waals surface area contributed by atoms with Gasteiger partial charge in [-0.1, -0.05) is 55.4 Å². The topological polar surface area (TPSA) is 158 Å². The molecule has 9 fully saturated rings. The molecule has 6 aliphatic carbocycles. The van der Waals surface area contributed by atoms with Crippen LogP contribution in [0.25, 0.3) is 0 Å². The zero-order valence-corrected chi connectivity index (χ0v) is 36.1. The molecule has 9 rings (SSSR count). The van der Waals surface area contributed by atoms with Crippen molar-refractivity contribution in [2.75, 3.05) is 13.7 Å². The predicted octanol–water partition coefficient (Wildman–Crippen LogP) is 7.27. The largest absolute Gasteiger partial charge is 0.469 e. The summed E-state index contributed by atoms with van der Waals surface area (Å²) in [6, 6.07) is 0. The molecule has 0 aromatic heterocycles. The number of methoxy groups -OCH3 is 1. The van der Waals surface area contributed by atoms with Crippen molar-refractivity contribution in [1.82, 2.24) is 0 Å². The van der Waals surface area contributed by atoms with E-state index in [0.29, 0.717) is 30.8 Å². The highest BCUT2D eigenvalue weighted by atomic mass is 16.6. The van der Waals surface area contributed by atoms with Crippen molar-refractivity contribution in [2.45, 2.75) is 157 Å². The smallest absolute Gasteiger partial charge is 0.317 e. The number of carbonyl (C=O) groups excluding carboxylic acids is 6. The molecule has 0 N–H and O–H groups in total. The molecule has 12 unspecified atom stereocenters. The Morgan fingerprint density at radius 3 is 1.77 bits per heavy atom. The average Bonchev–Trinajstić information content (AvgIpc) is 3.88. The fraction of sp³-hybridized carbons (Fsp3) is 0.867. The molecule has 12 nitrogen and oxygen atoms in total. The standard InChI is InChI=1S/C17H28O2.C15H20O6.C7H14O.C6H8O3/c1-4-11(3)16(18)19-17(5-2)14-7-12-6-13(9-14)10-15(17)8-12;1-4-6(2)13(16)20-11-7-5-8-10(9(7)14(17)19-3)15(18)21-12(8)11;1-6-4-3-5-8-7(6)2;1-3-4(2)6(8)9-5(3)7/h11-15H,4-10H2,1-3H3;6-12H,4-5H2,1-3H3;6-7H,3-5H2,1-2H3;3-4H,1-2H3. The van der Waals surface area contributed by atoms with E-state index in [2.05, 4.69) is 32.4 Å². The normalized spacial score (nSPS) is 41.2. The van der Waals surface area contributed by atoms with Gasteiger partial charge in [0.15, 0.2) is 0 Å². The number of ether oxygens (including phenoxy) is 6. The first kappa shape index (κ1) is 45.1. The van der Waals surface area contributed by atoms with Crippen LogP contribution >= 0.6 is 0 Å². The average molecular weight is 803 g/mol. The second-order valence-corrected chi connectivity index (χ2v) is 18.6. The van der Waals surface area contributed by atoms with Gasteiger partial charge in [-0.3, -0.25) is 28.8 Å². The predicted molar refractivity (Wildman–Crippen MR) is 209 cm³/mol. The molecular weight excluding hydrogens is 732 g/mol. The molecule has 9 aliphatic rings. The first-order chi connectivity index (χ1) is 27.0. The summed E-state index contributed by atoms with van der Waals surface area (Å²) in [7, 11) is 1.31. The van der Waals surface area contributed by atoms with Crippen molar-refractivity contribution >= 4 is 35.8 Å². The number of hydrogen-bond donors (Lipinski definition) is 0. The third kappa shape index (κ3) is 9.25. The van der Waals surface area contributed by atoms with E-state index in [-0.39, 0.29) is 65.1 Å². The molecule has 57 heavy (non-hydrogen) atoms. The first-order valence-electron chi connectivity index (χ1n) is 22.1. The van der Waals surface area contributed by atoms with Crippen molar-refractivity contribution in [2.24, 2.45) is 76.9 Å². The summed E-state index contributed by atoms with van der Waals surface area (Å²) in [5.74, 6) is 0.352. The van der Waals surface area contributed by atoms with Crippen LogP contribution in [0.4, 0.5) is 0 Å². The Kier molecular flexibility index (Phi) is 15.0. The summed E-state index contributed by atoms with van der Waals surface area (Å²) in [6.45, 7) is 18.8. The number of carbonyl (C=O) groups is 6. The molecule has 3 aliphatic heterocycles. The number of esters is 6. The zero-order valence-electron chi connectivity index (χ0n) is 36.1. The summed E-state index contributed by atoms with van der Waals surface area (Å²) in [4.78, 5) is 69.4. The van der Waals surface area contributed by atoms with Crippen molar-refractivity contribution in [1.29, 1.82) is 0 Å². The fourth-order valence-corrected chi connectivity index (χ4v) is 11.0. The highest BCUT2D eigenvalue weighted by Gasteiger charge is 2.70. The van der Waals surface area contributed by atoms with Crippen LogP contribution in [0.5, 0.6) is 0 Å². The van der Waals surface area contributed by atoms with Crippen LogP contribution in [0.3, 0.4) is 0 Å². The fourth-order valence-electron chi connectivity index (χ4n) is 11.0. The van der Waals surface area contributed by atoms with Crippen LogP contribution in [0.1, 0.15) is 133 Å². The Bertz CT molecular complexity index is 1420. The van der Waals surface area contributed by atoms with Crippen molar-refractivity contribution in [3.8, 4) is 0 Å². The van der Waals surface area contributed by atoms with Gasteiger partial charge in [-0.05, 0) is 107 Å². The van der Waals surface area contributed by atoms with Crippen molar-refractivity contribution in [3.63, 3.8) is 0 Å². The number of rotatable bonds is 8. The van der Waals surface area contributed by atoms with E-state index in [1.807, 2.05) is 13.8 Å². The Labute approximate surface area is 339 Å². The molecule has 0 spiro atoms. The van der Waals surface area contributed by atoms with Crippen LogP contribution in [0.2, 0.25) is 0 Å². The van der Waals surface area contributed by atoms with Crippen LogP contribution in [-0.2, 0) is 57.2 Å². The maximum atomic E-state index is 12.3. The summed E-state index contributed by atoms with van der Waals surface area (Å²) in [5, 5.41) is 0.